The quantitative estimate of drug-likeness (QED) is 0.447. The minimum Gasteiger partial charge on any atom is -0.487 e. The number of rotatable bonds is 6. The molecular formula is C20H13F2N3O2S2. The molecule has 2 aromatic heterocycles. The Hall–Kier alpha value is -3.17. The number of amides is 1. The van der Waals surface area contributed by atoms with E-state index in [1.165, 1.54) is 11.3 Å². The number of carbonyl (C=O) groups is 1. The molecular weight excluding hydrogens is 416 g/mol. The lowest BCUT2D eigenvalue weighted by atomic mass is 10.1. The van der Waals surface area contributed by atoms with Crippen molar-refractivity contribution in [2.45, 2.75) is 6.61 Å². The molecule has 29 heavy (non-hydrogen) atoms. The Bertz CT molecular complexity index is 1130. The van der Waals surface area contributed by atoms with Crippen LogP contribution in [0.2, 0.25) is 0 Å². The minimum atomic E-state index is -0.581. The van der Waals surface area contributed by atoms with Gasteiger partial charge in [0.25, 0.3) is 5.91 Å². The summed E-state index contributed by atoms with van der Waals surface area (Å²) in [6.45, 7) is 0.355. The molecule has 1 N–H and O–H groups in total. The van der Waals surface area contributed by atoms with Crippen LogP contribution in [0.5, 0.6) is 5.75 Å². The second kappa shape index (κ2) is 8.46. The molecule has 0 aliphatic rings. The molecule has 4 aromatic rings. The summed E-state index contributed by atoms with van der Waals surface area (Å²) in [5.74, 6) is -0.885. The molecule has 0 unspecified atom stereocenters. The number of aromatic nitrogens is 2. The van der Waals surface area contributed by atoms with E-state index in [9.17, 15) is 13.6 Å². The zero-order valence-electron chi connectivity index (χ0n) is 14.8. The molecule has 0 saturated carbocycles. The van der Waals surface area contributed by atoms with E-state index in [1.54, 1.807) is 35.2 Å². The molecule has 0 fully saturated rings. The average molecular weight is 429 g/mol. The fourth-order valence-electron chi connectivity index (χ4n) is 2.49. The van der Waals surface area contributed by atoms with Gasteiger partial charge in [0.05, 0.1) is 16.9 Å². The third-order valence-corrected chi connectivity index (χ3v) is 5.31. The van der Waals surface area contributed by atoms with Crippen molar-refractivity contribution in [3.63, 3.8) is 0 Å². The fraction of sp³-hybridized carbons (Fsp3) is 0.0500. The van der Waals surface area contributed by atoms with Crippen molar-refractivity contribution in [3.8, 4) is 17.0 Å². The summed E-state index contributed by atoms with van der Waals surface area (Å²) in [6.07, 6.45) is 0. The average Bonchev–Trinajstić information content (AvgIpc) is 3.41. The van der Waals surface area contributed by atoms with E-state index in [0.29, 0.717) is 17.9 Å². The van der Waals surface area contributed by atoms with E-state index in [-0.39, 0.29) is 22.3 Å². The third kappa shape index (κ3) is 4.64. The molecule has 0 atom stereocenters. The van der Waals surface area contributed by atoms with E-state index in [0.717, 1.165) is 35.2 Å². The number of nitrogens with zero attached hydrogens (tertiary/aromatic N) is 2. The normalized spacial score (nSPS) is 10.7. The molecule has 0 saturated heterocycles. The molecule has 0 aliphatic carbocycles. The first-order valence-corrected chi connectivity index (χ1v) is 10.2. The molecule has 0 bridgehead atoms. The number of nitrogens with one attached hydrogen (secondary N) is 1. The van der Waals surface area contributed by atoms with Gasteiger partial charge in [-0.1, -0.05) is 0 Å². The Morgan fingerprint density at radius 1 is 1.10 bits per heavy atom. The van der Waals surface area contributed by atoms with Crippen LogP contribution >= 0.6 is 22.7 Å². The standard InChI is InChI=1S/C20H13F2N3O2S2/c21-13-3-6-17(22)16(7-13)18-10-29-20(24-18)25-19(26)12-1-4-15(5-2-12)27-8-14-9-28-11-23-14/h1-7,9-11H,8H2,(H,24,25,26). The summed E-state index contributed by atoms with van der Waals surface area (Å²) < 4.78 is 32.9. The number of ether oxygens (including phenoxy) is 1. The maximum atomic E-state index is 13.9. The van der Waals surface area contributed by atoms with Gasteiger partial charge in [0.1, 0.15) is 24.0 Å². The summed E-state index contributed by atoms with van der Waals surface area (Å²) in [7, 11) is 0. The highest BCUT2D eigenvalue weighted by molar-refractivity contribution is 7.14. The highest BCUT2D eigenvalue weighted by Gasteiger charge is 2.13. The van der Waals surface area contributed by atoms with Gasteiger partial charge in [-0.15, -0.1) is 22.7 Å². The van der Waals surface area contributed by atoms with Crippen molar-refractivity contribution in [2.24, 2.45) is 0 Å². The first-order valence-electron chi connectivity index (χ1n) is 8.41. The molecule has 4 rings (SSSR count). The summed E-state index contributed by atoms with van der Waals surface area (Å²) in [5, 5.41) is 6.41. The predicted octanol–water partition coefficient (Wildman–Crippen LogP) is 5.38. The van der Waals surface area contributed by atoms with Gasteiger partial charge < -0.3 is 4.74 Å². The molecule has 146 valence electrons. The molecule has 0 spiro atoms. The molecule has 2 heterocycles. The number of hydrogen-bond acceptors (Lipinski definition) is 6. The third-order valence-electron chi connectivity index (χ3n) is 3.92. The van der Waals surface area contributed by atoms with Crippen molar-refractivity contribution >= 4 is 33.7 Å². The van der Waals surface area contributed by atoms with Crippen LogP contribution in [0, 0.1) is 11.6 Å². The molecule has 0 aliphatic heterocycles. The van der Waals surface area contributed by atoms with Gasteiger partial charge in [0, 0.05) is 21.9 Å². The summed E-state index contributed by atoms with van der Waals surface area (Å²) in [4.78, 5) is 20.7. The van der Waals surface area contributed by atoms with Crippen molar-refractivity contribution in [2.75, 3.05) is 5.32 Å². The number of hydrogen-bond donors (Lipinski definition) is 1. The number of halogens is 2. The van der Waals surface area contributed by atoms with Gasteiger partial charge in [-0.05, 0) is 42.5 Å². The van der Waals surface area contributed by atoms with Crippen LogP contribution in [-0.2, 0) is 6.61 Å². The Labute approximate surface area is 172 Å². The predicted molar refractivity (Wildman–Crippen MR) is 108 cm³/mol. The summed E-state index contributed by atoms with van der Waals surface area (Å²) >= 11 is 2.62. The monoisotopic (exact) mass is 429 g/mol. The molecule has 2 aromatic carbocycles. The summed E-state index contributed by atoms with van der Waals surface area (Å²) in [6, 6.07) is 9.80. The van der Waals surface area contributed by atoms with Gasteiger partial charge >= 0.3 is 0 Å². The number of thiazole rings is 2. The molecule has 9 heteroatoms. The van der Waals surface area contributed by atoms with Crippen LogP contribution in [-0.4, -0.2) is 15.9 Å². The lowest BCUT2D eigenvalue weighted by molar-refractivity contribution is 0.102. The lowest BCUT2D eigenvalue weighted by Crippen LogP contribution is -2.11. The van der Waals surface area contributed by atoms with Crippen molar-refractivity contribution in [1.29, 1.82) is 0 Å². The van der Waals surface area contributed by atoms with Gasteiger partial charge in [-0.3, -0.25) is 10.1 Å². The van der Waals surface area contributed by atoms with E-state index < -0.39 is 11.6 Å². The van der Waals surface area contributed by atoms with E-state index in [4.69, 9.17) is 4.74 Å². The Balaban J connectivity index is 1.40. The fourth-order valence-corrected chi connectivity index (χ4v) is 3.74. The maximum Gasteiger partial charge on any atom is 0.257 e. The van der Waals surface area contributed by atoms with E-state index in [1.807, 2.05) is 5.38 Å². The van der Waals surface area contributed by atoms with Crippen LogP contribution < -0.4 is 10.1 Å². The first-order chi connectivity index (χ1) is 14.1. The SMILES string of the molecule is O=C(Nc1nc(-c2cc(F)ccc2F)cs1)c1ccc(OCc2cscn2)cc1. The van der Waals surface area contributed by atoms with Crippen LogP contribution in [0.3, 0.4) is 0 Å². The zero-order valence-corrected chi connectivity index (χ0v) is 16.4. The van der Waals surface area contributed by atoms with Crippen LogP contribution in [0.1, 0.15) is 16.1 Å². The van der Waals surface area contributed by atoms with Gasteiger partial charge in [0.2, 0.25) is 0 Å². The first kappa shape index (κ1) is 19.2. The van der Waals surface area contributed by atoms with Crippen LogP contribution in [0.25, 0.3) is 11.3 Å². The second-order valence-corrected chi connectivity index (χ2v) is 7.49. The molecule has 0 radical (unpaired) electrons. The van der Waals surface area contributed by atoms with Gasteiger partial charge in [-0.25, -0.2) is 18.7 Å². The Morgan fingerprint density at radius 3 is 2.69 bits per heavy atom. The largest absolute Gasteiger partial charge is 0.487 e. The van der Waals surface area contributed by atoms with Gasteiger partial charge in [0.15, 0.2) is 5.13 Å². The molecule has 1 amide bonds. The Morgan fingerprint density at radius 2 is 1.93 bits per heavy atom. The number of benzene rings is 2. The Kier molecular flexibility index (Phi) is 5.59. The van der Waals surface area contributed by atoms with Crippen molar-refractivity contribution in [1.82, 2.24) is 9.97 Å². The lowest BCUT2D eigenvalue weighted by Gasteiger charge is -2.06. The maximum absolute atomic E-state index is 13.9. The van der Waals surface area contributed by atoms with Crippen molar-refractivity contribution in [3.05, 3.63) is 81.6 Å². The van der Waals surface area contributed by atoms with Crippen LogP contribution in [0.15, 0.2) is 58.7 Å². The highest BCUT2D eigenvalue weighted by atomic mass is 32.1. The van der Waals surface area contributed by atoms with Crippen molar-refractivity contribution < 1.29 is 18.3 Å². The minimum absolute atomic E-state index is 0.0448. The second-order valence-electron chi connectivity index (χ2n) is 5.91. The topological polar surface area (TPSA) is 64.1 Å². The molecule has 5 nitrogen and oxygen atoms in total. The highest BCUT2D eigenvalue weighted by Crippen LogP contribution is 2.28. The van der Waals surface area contributed by atoms with E-state index >= 15 is 0 Å². The summed E-state index contributed by atoms with van der Waals surface area (Å²) in [5.41, 5.74) is 3.29. The van der Waals surface area contributed by atoms with Crippen LogP contribution in [0.4, 0.5) is 13.9 Å². The smallest absolute Gasteiger partial charge is 0.257 e. The number of anilines is 1. The zero-order chi connectivity index (χ0) is 20.2. The van der Waals surface area contributed by atoms with Gasteiger partial charge in [-0.2, -0.15) is 0 Å². The van der Waals surface area contributed by atoms with E-state index in [2.05, 4.69) is 15.3 Å². The number of carbonyl (C=O) groups excluding carboxylic acids is 1.